The Labute approximate surface area is 139 Å². The average molecular weight is 316 g/mol. The molecule has 0 radical (unpaired) electrons. The van der Waals surface area contributed by atoms with Crippen LogP contribution >= 0.6 is 0 Å². The van der Waals surface area contributed by atoms with Crippen molar-refractivity contribution in [3.05, 3.63) is 30.3 Å². The van der Waals surface area contributed by atoms with Gasteiger partial charge in [0.05, 0.1) is 13.1 Å². The standard InChI is InChI=1S/C18H28N4O/c1-15-8-10-19-11-12-20-16(2)9-13-22(18(23)14-21-15)17-6-4-3-5-7-17/h3-7,18-19,23H,8-14H2,1-2H3. The molecule has 1 heterocycles. The van der Waals surface area contributed by atoms with E-state index in [-0.39, 0.29) is 0 Å². The lowest BCUT2D eigenvalue weighted by molar-refractivity contribution is 0.178. The lowest BCUT2D eigenvalue weighted by Gasteiger charge is -2.29. The second-order valence-corrected chi connectivity index (χ2v) is 5.95. The first-order chi connectivity index (χ1) is 11.2. The summed E-state index contributed by atoms with van der Waals surface area (Å²) in [7, 11) is 0. The number of nitrogens with zero attached hydrogens (tertiary/aromatic N) is 3. The van der Waals surface area contributed by atoms with E-state index in [4.69, 9.17) is 0 Å². The van der Waals surface area contributed by atoms with Gasteiger partial charge < -0.3 is 15.3 Å². The van der Waals surface area contributed by atoms with Crippen LogP contribution in [0.15, 0.2) is 40.3 Å². The summed E-state index contributed by atoms with van der Waals surface area (Å²) in [5, 5.41) is 14.0. The Morgan fingerprint density at radius 3 is 2.57 bits per heavy atom. The second kappa shape index (κ2) is 9.43. The van der Waals surface area contributed by atoms with Crippen molar-refractivity contribution in [1.82, 2.24) is 5.32 Å². The van der Waals surface area contributed by atoms with Crippen LogP contribution < -0.4 is 10.2 Å². The fourth-order valence-electron chi connectivity index (χ4n) is 2.57. The van der Waals surface area contributed by atoms with Gasteiger partial charge in [0, 0.05) is 43.2 Å². The van der Waals surface area contributed by atoms with E-state index in [1.54, 1.807) is 0 Å². The van der Waals surface area contributed by atoms with Crippen LogP contribution in [-0.2, 0) is 0 Å². The molecule has 1 aromatic rings. The molecule has 126 valence electrons. The topological polar surface area (TPSA) is 60.2 Å². The molecule has 1 aliphatic heterocycles. The first kappa shape index (κ1) is 17.6. The Kier molecular flexibility index (Phi) is 7.23. The van der Waals surface area contributed by atoms with Crippen molar-refractivity contribution in [3.63, 3.8) is 0 Å². The third-order valence-electron chi connectivity index (χ3n) is 4.02. The van der Waals surface area contributed by atoms with Crippen molar-refractivity contribution in [1.29, 1.82) is 0 Å². The van der Waals surface area contributed by atoms with Crippen molar-refractivity contribution < 1.29 is 5.11 Å². The van der Waals surface area contributed by atoms with Crippen molar-refractivity contribution in [2.24, 2.45) is 9.98 Å². The lowest BCUT2D eigenvalue weighted by atomic mass is 10.2. The minimum Gasteiger partial charge on any atom is -0.372 e. The fraction of sp³-hybridized carbons (Fsp3) is 0.556. The number of hydrogen-bond acceptors (Lipinski definition) is 5. The van der Waals surface area contributed by atoms with E-state index in [2.05, 4.69) is 22.2 Å². The zero-order valence-corrected chi connectivity index (χ0v) is 14.2. The predicted molar refractivity (Wildman–Crippen MR) is 97.9 cm³/mol. The molecule has 5 nitrogen and oxygen atoms in total. The van der Waals surface area contributed by atoms with Gasteiger partial charge in [0.15, 0.2) is 0 Å². The van der Waals surface area contributed by atoms with Crippen LogP contribution in [0.4, 0.5) is 5.69 Å². The summed E-state index contributed by atoms with van der Waals surface area (Å²) in [6.45, 7) is 7.83. The van der Waals surface area contributed by atoms with Gasteiger partial charge in [-0.1, -0.05) is 18.2 Å². The molecule has 0 amide bonds. The maximum Gasteiger partial charge on any atom is 0.146 e. The normalized spacial score (nSPS) is 22.0. The molecule has 0 saturated carbocycles. The highest BCUT2D eigenvalue weighted by Gasteiger charge is 2.16. The lowest BCUT2D eigenvalue weighted by Crippen LogP contribution is -2.39. The van der Waals surface area contributed by atoms with E-state index in [9.17, 15) is 5.11 Å². The van der Waals surface area contributed by atoms with Gasteiger partial charge in [0.25, 0.3) is 0 Å². The first-order valence-electron chi connectivity index (χ1n) is 8.37. The van der Waals surface area contributed by atoms with Gasteiger partial charge in [-0.3, -0.25) is 9.98 Å². The Hall–Kier alpha value is -1.72. The van der Waals surface area contributed by atoms with E-state index in [1.807, 2.05) is 42.2 Å². The van der Waals surface area contributed by atoms with Crippen molar-refractivity contribution in [2.45, 2.75) is 32.9 Å². The highest BCUT2D eigenvalue weighted by atomic mass is 16.3. The Balaban J connectivity index is 2.15. The number of aliphatic hydroxyl groups is 1. The van der Waals surface area contributed by atoms with Gasteiger partial charge in [-0.05, 0) is 32.4 Å². The zero-order valence-electron chi connectivity index (χ0n) is 14.2. The minimum absolute atomic E-state index is 0.400. The highest BCUT2D eigenvalue weighted by Crippen LogP contribution is 2.16. The van der Waals surface area contributed by atoms with Crippen LogP contribution in [0, 0.1) is 0 Å². The summed E-state index contributed by atoms with van der Waals surface area (Å²) < 4.78 is 0. The molecule has 2 rings (SSSR count). The van der Waals surface area contributed by atoms with Crippen LogP contribution in [0.1, 0.15) is 26.7 Å². The zero-order chi connectivity index (χ0) is 16.5. The molecule has 1 aromatic carbocycles. The third-order valence-corrected chi connectivity index (χ3v) is 4.02. The number of hydrogen-bond donors (Lipinski definition) is 2. The van der Waals surface area contributed by atoms with Gasteiger partial charge in [-0.25, -0.2) is 0 Å². The monoisotopic (exact) mass is 316 g/mol. The molecule has 0 aliphatic carbocycles. The van der Waals surface area contributed by atoms with Crippen LogP contribution in [0.5, 0.6) is 0 Å². The van der Waals surface area contributed by atoms with E-state index < -0.39 is 6.23 Å². The summed E-state index contributed by atoms with van der Waals surface area (Å²) in [5.74, 6) is 0. The maximum absolute atomic E-state index is 10.6. The maximum atomic E-state index is 10.6. The number of para-hydroxylation sites is 1. The number of benzene rings is 1. The summed E-state index contributed by atoms with van der Waals surface area (Å²) in [4.78, 5) is 11.2. The number of anilines is 1. The number of rotatable bonds is 1. The van der Waals surface area contributed by atoms with Crippen LogP contribution in [0.3, 0.4) is 0 Å². The van der Waals surface area contributed by atoms with Gasteiger partial charge in [0.1, 0.15) is 6.23 Å². The molecule has 2 N–H and O–H groups in total. The molecule has 0 aromatic heterocycles. The van der Waals surface area contributed by atoms with Gasteiger partial charge in [-0.2, -0.15) is 0 Å². The summed E-state index contributed by atoms with van der Waals surface area (Å²) in [6.07, 6.45) is 1.13. The molecule has 0 bridgehead atoms. The highest BCUT2D eigenvalue weighted by molar-refractivity contribution is 5.83. The van der Waals surface area contributed by atoms with Crippen LogP contribution in [0.2, 0.25) is 0 Å². The molecular formula is C18H28N4O. The van der Waals surface area contributed by atoms with Gasteiger partial charge in [-0.15, -0.1) is 0 Å². The van der Waals surface area contributed by atoms with E-state index in [1.165, 1.54) is 0 Å². The van der Waals surface area contributed by atoms with Crippen molar-refractivity contribution >= 4 is 17.1 Å². The van der Waals surface area contributed by atoms with Gasteiger partial charge >= 0.3 is 0 Å². The molecule has 1 unspecified atom stereocenters. The molecule has 1 atom stereocenters. The molecule has 1 aliphatic rings. The van der Waals surface area contributed by atoms with Crippen molar-refractivity contribution in [2.75, 3.05) is 37.6 Å². The number of aliphatic imine (C=N–C) groups is 2. The second-order valence-electron chi connectivity index (χ2n) is 5.95. The Morgan fingerprint density at radius 1 is 1.04 bits per heavy atom. The SMILES string of the molecule is CC1=NCCNCCC(C)=NCC(O)N(c2ccccc2)CC1. The fourth-order valence-corrected chi connectivity index (χ4v) is 2.57. The first-order valence-corrected chi connectivity index (χ1v) is 8.37. The van der Waals surface area contributed by atoms with Crippen LogP contribution in [-0.4, -0.2) is 55.5 Å². The molecule has 5 heteroatoms. The average Bonchev–Trinajstić information content (AvgIpc) is 2.56. The van der Waals surface area contributed by atoms with E-state index >= 15 is 0 Å². The molecule has 0 spiro atoms. The largest absolute Gasteiger partial charge is 0.372 e. The van der Waals surface area contributed by atoms with Crippen LogP contribution in [0.25, 0.3) is 0 Å². The molecular weight excluding hydrogens is 288 g/mol. The summed E-state index contributed by atoms with van der Waals surface area (Å²) in [6, 6.07) is 10.0. The Bertz CT molecular complexity index is 527. The van der Waals surface area contributed by atoms with E-state index in [0.717, 1.165) is 56.1 Å². The quantitative estimate of drug-likeness (QED) is 0.834. The number of nitrogens with one attached hydrogen (secondary N) is 1. The van der Waals surface area contributed by atoms with Crippen molar-refractivity contribution in [3.8, 4) is 0 Å². The molecule has 0 saturated heterocycles. The minimum atomic E-state index is -0.615. The number of aliphatic hydroxyl groups excluding tert-OH is 1. The summed E-state index contributed by atoms with van der Waals surface area (Å²) >= 11 is 0. The smallest absolute Gasteiger partial charge is 0.146 e. The van der Waals surface area contributed by atoms with Gasteiger partial charge in [0.2, 0.25) is 0 Å². The summed E-state index contributed by atoms with van der Waals surface area (Å²) in [5.41, 5.74) is 3.22. The third kappa shape index (κ3) is 6.12. The molecule has 0 fully saturated rings. The predicted octanol–water partition coefficient (Wildman–Crippen LogP) is 2.12. The van der Waals surface area contributed by atoms with E-state index in [0.29, 0.717) is 6.54 Å². The Morgan fingerprint density at radius 2 is 1.78 bits per heavy atom. The molecule has 23 heavy (non-hydrogen) atoms.